The molecule has 0 amide bonds. The molecule has 2 aromatic heterocycles. The van der Waals surface area contributed by atoms with E-state index in [1.165, 1.54) is 9.09 Å². The van der Waals surface area contributed by atoms with Crippen molar-refractivity contribution >= 4 is 28.8 Å². The first-order valence-electron chi connectivity index (χ1n) is 6.31. The number of nitrogens with one attached hydrogen (secondary N) is 2. The molecule has 1 aromatic carbocycles. The van der Waals surface area contributed by atoms with Gasteiger partial charge in [-0.1, -0.05) is 12.1 Å². The third kappa shape index (κ3) is 3.05. The molecule has 0 saturated heterocycles. The van der Waals surface area contributed by atoms with Crippen molar-refractivity contribution in [3.8, 4) is 11.3 Å². The van der Waals surface area contributed by atoms with Gasteiger partial charge in [0.15, 0.2) is 0 Å². The Morgan fingerprint density at radius 1 is 1.25 bits per heavy atom. The molecule has 102 valence electrons. The quantitative estimate of drug-likeness (QED) is 0.683. The molecule has 0 saturated carbocycles. The summed E-state index contributed by atoms with van der Waals surface area (Å²) in [7, 11) is 0. The molecular weight excluding hydrogens is 286 g/mol. The lowest BCUT2D eigenvalue weighted by Crippen LogP contribution is -1.97. The predicted molar refractivity (Wildman–Crippen MR) is 87.5 cm³/mol. The number of nitrogens with zero attached hydrogens (tertiary/aromatic N) is 1. The molecule has 0 unspecified atom stereocenters. The van der Waals surface area contributed by atoms with Crippen molar-refractivity contribution in [1.82, 2.24) is 10.2 Å². The molecule has 5 heteroatoms. The van der Waals surface area contributed by atoms with Crippen molar-refractivity contribution in [2.75, 3.05) is 11.6 Å². The maximum atomic E-state index is 3.99. The van der Waals surface area contributed by atoms with Crippen LogP contribution in [0.1, 0.15) is 4.88 Å². The molecule has 0 aliphatic rings. The Balaban J connectivity index is 1.70. The Hall–Kier alpha value is -1.72. The summed E-state index contributed by atoms with van der Waals surface area (Å²) < 4.78 is 1.35. The summed E-state index contributed by atoms with van der Waals surface area (Å²) in [6, 6.07) is 14.7. The first kappa shape index (κ1) is 13.3. The predicted octanol–water partition coefficient (Wildman–Crippen LogP) is 4.47. The number of thiophene rings is 1. The summed E-state index contributed by atoms with van der Waals surface area (Å²) in [6.45, 7) is 0.859. The first-order chi connectivity index (χ1) is 9.85. The Morgan fingerprint density at radius 2 is 2.20 bits per heavy atom. The third-order valence-corrected chi connectivity index (χ3v) is 5.15. The number of H-pyrrole nitrogens is 1. The van der Waals surface area contributed by atoms with Crippen LogP contribution in [0.15, 0.2) is 52.9 Å². The smallest absolute Gasteiger partial charge is 0.0650 e. The lowest BCUT2D eigenvalue weighted by atomic mass is 10.1. The summed E-state index contributed by atoms with van der Waals surface area (Å²) >= 11 is 3.63. The first-order valence-corrected chi connectivity index (χ1v) is 8.35. The highest BCUT2D eigenvalue weighted by atomic mass is 32.2. The zero-order valence-electron chi connectivity index (χ0n) is 11.1. The van der Waals surface area contributed by atoms with E-state index in [4.69, 9.17) is 0 Å². The van der Waals surface area contributed by atoms with E-state index >= 15 is 0 Å². The van der Waals surface area contributed by atoms with Crippen LogP contribution in [0.25, 0.3) is 11.3 Å². The average Bonchev–Trinajstić information content (AvgIpc) is 3.17. The van der Waals surface area contributed by atoms with Crippen molar-refractivity contribution in [3.63, 3.8) is 0 Å². The van der Waals surface area contributed by atoms with E-state index in [1.807, 2.05) is 17.4 Å². The molecule has 3 aromatic rings. The highest BCUT2D eigenvalue weighted by Gasteiger charge is 2.02. The fraction of sp³-hybridized carbons (Fsp3) is 0.133. The summed E-state index contributed by atoms with van der Waals surface area (Å²) in [6.07, 6.45) is 3.88. The van der Waals surface area contributed by atoms with Crippen molar-refractivity contribution in [2.45, 2.75) is 10.8 Å². The van der Waals surface area contributed by atoms with E-state index in [0.717, 1.165) is 23.5 Å². The van der Waals surface area contributed by atoms with E-state index in [2.05, 4.69) is 58.2 Å². The Kier molecular flexibility index (Phi) is 4.08. The highest BCUT2D eigenvalue weighted by Crippen LogP contribution is 2.26. The molecule has 2 N–H and O–H groups in total. The normalized spacial score (nSPS) is 10.7. The van der Waals surface area contributed by atoms with Crippen molar-refractivity contribution in [3.05, 3.63) is 53.5 Å². The molecule has 0 aliphatic carbocycles. The summed E-state index contributed by atoms with van der Waals surface area (Å²) in [5.74, 6) is 0. The minimum absolute atomic E-state index is 0.859. The minimum atomic E-state index is 0.859. The number of rotatable bonds is 5. The average molecular weight is 301 g/mol. The summed E-state index contributed by atoms with van der Waals surface area (Å²) in [4.78, 5) is 1.35. The fourth-order valence-electron chi connectivity index (χ4n) is 1.97. The van der Waals surface area contributed by atoms with Gasteiger partial charge in [-0.05, 0) is 36.6 Å². The van der Waals surface area contributed by atoms with Gasteiger partial charge in [0.2, 0.25) is 0 Å². The van der Waals surface area contributed by atoms with Crippen molar-refractivity contribution in [1.29, 1.82) is 0 Å². The van der Waals surface area contributed by atoms with Gasteiger partial charge in [-0.3, -0.25) is 5.10 Å². The van der Waals surface area contributed by atoms with Crippen LogP contribution in [0.5, 0.6) is 0 Å². The number of anilines is 1. The fourth-order valence-corrected chi connectivity index (χ4v) is 3.50. The SMILES string of the molecule is CSc1ccc(CNc2cccc(-c3ccn[nH]3)c2)s1. The number of aromatic nitrogens is 2. The van der Waals surface area contributed by atoms with Crippen LogP contribution in [-0.4, -0.2) is 16.5 Å². The van der Waals surface area contributed by atoms with Gasteiger partial charge in [-0.25, -0.2) is 0 Å². The highest BCUT2D eigenvalue weighted by molar-refractivity contribution is 8.00. The second-order valence-electron chi connectivity index (χ2n) is 4.33. The second kappa shape index (κ2) is 6.15. The molecule has 0 atom stereocenters. The lowest BCUT2D eigenvalue weighted by Gasteiger charge is -2.06. The maximum Gasteiger partial charge on any atom is 0.0650 e. The Bertz CT molecular complexity index is 674. The monoisotopic (exact) mass is 301 g/mol. The summed E-state index contributed by atoms with van der Waals surface area (Å²) in [5.41, 5.74) is 3.30. The largest absolute Gasteiger partial charge is 0.380 e. The molecule has 0 spiro atoms. The van der Waals surface area contributed by atoms with Gasteiger partial charge in [-0.15, -0.1) is 23.1 Å². The van der Waals surface area contributed by atoms with Crippen molar-refractivity contribution in [2.24, 2.45) is 0 Å². The molecular formula is C15H15N3S2. The van der Waals surface area contributed by atoms with Crippen LogP contribution in [-0.2, 0) is 6.54 Å². The number of benzene rings is 1. The topological polar surface area (TPSA) is 40.7 Å². The second-order valence-corrected chi connectivity index (χ2v) is 6.60. The van der Waals surface area contributed by atoms with Crippen LogP contribution < -0.4 is 5.32 Å². The van der Waals surface area contributed by atoms with Gasteiger partial charge < -0.3 is 5.32 Å². The van der Waals surface area contributed by atoms with Crippen molar-refractivity contribution < 1.29 is 0 Å². The van der Waals surface area contributed by atoms with E-state index < -0.39 is 0 Å². The van der Waals surface area contributed by atoms with Crippen LogP contribution in [0, 0.1) is 0 Å². The Morgan fingerprint density at radius 3 is 2.95 bits per heavy atom. The van der Waals surface area contributed by atoms with Gasteiger partial charge in [0.05, 0.1) is 9.90 Å². The van der Waals surface area contributed by atoms with Crippen LogP contribution in [0.4, 0.5) is 5.69 Å². The molecule has 0 fully saturated rings. The molecule has 0 radical (unpaired) electrons. The molecule has 0 bridgehead atoms. The Labute approximate surface area is 126 Å². The number of hydrogen-bond donors (Lipinski definition) is 2. The van der Waals surface area contributed by atoms with E-state index in [1.54, 1.807) is 18.0 Å². The minimum Gasteiger partial charge on any atom is -0.380 e. The van der Waals surface area contributed by atoms with Gasteiger partial charge in [0.25, 0.3) is 0 Å². The molecule has 3 rings (SSSR count). The molecule has 3 nitrogen and oxygen atoms in total. The zero-order valence-corrected chi connectivity index (χ0v) is 12.7. The van der Waals surface area contributed by atoms with Crippen LogP contribution in [0.2, 0.25) is 0 Å². The molecule has 0 aliphatic heterocycles. The van der Waals surface area contributed by atoms with Gasteiger partial charge in [0, 0.05) is 28.9 Å². The zero-order chi connectivity index (χ0) is 13.8. The van der Waals surface area contributed by atoms with E-state index in [-0.39, 0.29) is 0 Å². The number of hydrogen-bond acceptors (Lipinski definition) is 4. The van der Waals surface area contributed by atoms with E-state index in [0.29, 0.717) is 0 Å². The molecule has 2 heterocycles. The van der Waals surface area contributed by atoms with Crippen LogP contribution in [0.3, 0.4) is 0 Å². The maximum absolute atomic E-state index is 3.99. The lowest BCUT2D eigenvalue weighted by molar-refractivity contribution is 1.09. The van der Waals surface area contributed by atoms with E-state index in [9.17, 15) is 0 Å². The summed E-state index contributed by atoms with van der Waals surface area (Å²) in [5, 5.41) is 10.4. The third-order valence-electron chi connectivity index (χ3n) is 2.98. The van der Waals surface area contributed by atoms with Gasteiger partial charge >= 0.3 is 0 Å². The number of thioether (sulfide) groups is 1. The van der Waals surface area contributed by atoms with Crippen LogP contribution >= 0.6 is 23.1 Å². The standard InChI is InChI=1S/C15H15N3S2/c1-19-15-6-5-13(20-15)10-16-12-4-2-3-11(9-12)14-7-8-17-18-14/h2-9,16H,10H2,1H3,(H,17,18). The number of aromatic amines is 1. The van der Waals surface area contributed by atoms with Gasteiger partial charge in [-0.2, -0.15) is 5.10 Å². The molecule has 20 heavy (non-hydrogen) atoms. The van der Waals surface area contributed by atoms with Gasteiger partial charge in [0.1, 0.15) is 0 Å².